The first kappa shape index (κ1) is 15.1. The predicted molar refractivity (Wildman–Crippen MR) is 66.2 cm³/mol. The molecule has 94 valence electrons. The SMILES string of the molecule is CCCC(=O)N(C)[C@H](CC(C)C)C(=O)CC. The Hall–Kier alpha value is -0.860. The lowest BCUT2D eigenvalue weighted by Crippen LogP contribution is -2.42. The molecule has 0 saturated heterocycles. The molecule has 3 heteroatoms. The van der Waals surface area contributed by atoms with Crippen LogP contribution in [0.1, 0.15) is 53.4 Å². The Labute approximate surface area is 99.2 Å². The van der Waals surface area contributed by atoms with Crippen LogP contribution in [0.2, 0.25) is 0 Å². The van der Waals surface area contributed by atoms with Gasteiger partial charge in [0.1, 0.15) is 0 Å². The van der Waals surface area contributed by atoms with Crippen LogP contribution in [0.25, 0.3) is 0 Å². The largest absolute Gasteiger partial charge is 0.336 e. The number of hydrogen-bond donors (Lipinski definition) is 0. The molecular formula is C13H25NO2. The van der Waals surface area contributed by atoms with E-state index in [9.17, 15) is 9.59 Å². The van der Waals surface area contributed by atoms with E-state index in [2.05, 4.69) is 13.8 Å². The highest BCUT2D eigenvalue weighted by Gasteiger charge is 2.25. The number of ketones is 1. The van der Waals surface area contributed by atoms with Crippen molar-refractivity contribution in [3.8, 4) is 0 Å². The fourth-order valence-corrected chi connectivity index (χ4v) is 1.75. The molecular weight excluding hydrogens is 202 g/mol. The molecule has 1 amide bonds. The van der Waals surface area contributed by atoms with Gasteiger partial charge in [0.25, 0.3) is 0 Å². The maximum Gasteiger partial charge on any atom is 0.222 e. The molecule has 0 fully saturated rings. The molecule has 0 bridgehead atoms. The Morgan fingerprint density at radius 2 is 1.75 bits per heavy atom. The lowest BCUT2D eigenvalue weighted by molar-refractivity contribution is -0.138. The van der Waals surface area contributed by atoms with E-state index in [0.717, 1.165) is 12.8 Å². The summed E-state index contributed by atoms with van der Waals surface area (Å²) in [5.41, 5.74) is 0. The fourth-order valence-electron chi connectivity index (χ4n) is 1.75. The van der Waals surface area contributed by atoms with Crippen molar-refractivity contribution >= 4 is 11.7 Å². The summed E-state index contributed by atoms with van der Waals surface area (Å²) in [6.07, 6.45) is 2.62. The van der Waals surface area contributed by atoms with Crippen molar-refractivity contribution in [2.24, 2.45) is 5.92 Å². The van der Waals surface area contributed by atoms with E-state index in [4.69, 9.17) is 0 Å². The lowest BCUT2D eigenvalue weighted by Gasteiger charge is -2.28. The molecule has 0 radical (unpaired) electrons. The first-order valence-electron chi connectivity index (χ1n) is 6.22. The molecule has 0 aliphatic heterocycles. The van der Waals surface area contributed by atoms with Gasteiger partial charge in [0.2, 0.25) is 5.91 Å². The van der Waals surface area contributed by atoms with E-state index in [1.54, 1.807) is 11.9 Å². The van der Waals surface area contributed by atoms with Crippen molar-refractivity contribution in [1.82, 2.24) is 4.90 Å². The van der Waals surface area contributed by atoms with Gasteiger partial charge in [-0.05, 0) is 18.8 Å². The molecule has 3 nitrogen and oxygen atoms in total. The minimum atomic E-state index is -0.232. The van der Waals surface area contributed by atoms with Crippen LogP contribution in [0.15, 0.2) is 0 Å². The van der Waals surface area contributed by atoms with Crippen molar-refractivity contribution in [1.29, 1.82) is 0 Å². The molecule has 0 aromatic rings. The number of carbonyl (C=O) groups excluding carboxylic acids is 2. The van der Waals surface area contributed by atoms with Gasteiger partial charge < -0.3 is 4.90 Å². The third-order valence-corrected chi connectivity index (χ3v) is 2.74. The average molecular weight is 227 g/mol. The summed E-state index contributed by atoms with van der Waals surface area (Å²) in [6, 6.07) is -0.232. The van der Waals surface area contributed by atoms with Gasteiger partial charge in [-0.25, -0.2) is 0 Å². The van der Waals surface area contributed by atoms with Crippen molar-refractivity contribution in [3.63, 3.8) is 0 Å². The van der Waals surface area contributed by atoms with Crippen LogP contribution in [0.5, 0.6) is 0 Å². The van der Waals surface area contributed by atoms with E-state index in [1.807, 2.05) is 13.8 Å². The lowest BCUT2D eigenvalue weighted by atomic mass is 9.97. The number of rotatable bonds is 7. The zero-order chi connectivity index (χ0) is 12.7. The summed E-state index contributed by atoms with van der Waals surface area (Å²) in [4.78, 5) is 25.2. The molecule has 0 spiro atoms. The van der Waals surface area contributed by atoms with Crippen molar-refractivity contribution in [3.05, 3.63) is 0 Å². The minimum Gasteiger partial charge on any atom is -0.336 e. The van der Waals surface area contributed by atoms with E-state index < -0.39 is 0 Å². The number of hydrogen-bond acceptors (Lipinski definition) is 2. The van der Waals surface area contributed by atoms with Crippen molar-refractivity contribution < 1.29 is 9.59 Å². The number of amides is 1. The maximum absolute atomic E-state index is 11.8. The molecule has 0 aromatic carbocycles. The minimum absolute atomic E-state index is 0.0787. The highest BCUT2D eigenvalue weighted by Crippen LogP contribution is 2.14. The van der Waals surface area contributed by atoms with Crippen LogP contribution in [-0.4, -0.2) is 29.7 Å². The smallest absolute Gasteiger partial charge is 0.222 e. The standard InChI is InChI=1S/C13H25NO2/c1-6-8-13(16)14(5)11(9-10(3)4)12(15)7-2/h10-11H,6-9H2,1-5H3/t11-/m1/s1. The molecule has 0 aliphatic carbocycles. The summed E-state index contributed by atoms with van der Waals surface area (Å²) in [7, 11) is 1.75. The van der Waals surface area contributed by atoms with E-state index in [0.29, 0.717) is 18.8 Å². The fraction of sp³-hybridized carbons (Fsp3) is 0.846. The second-order valence-electron chi connectivity index (χ2n) is 4.72. The van der Waals surface area contributed by atoms with Crippen LogP contribution < -0.4 is 0 Å². The topological polar surface area (TPSA) is 37.4 Å². The van der Waals surface area contributed by atoms with Crippen molar-refractivity contribution in [2.45, 2.75) is 59.4 Å². The average Bonchev–Trinajstić information content (AvgIpc) is 2.24. The Kier molecular flexibility index (Phi) is 7.02. The van der Waals surface area contributed by atoms with Gasteiger partial charge in [0.15, 0.2) is 5.78 Å². The first-order valence-corrected chi connectivity index (χ1v) is 6.22. The number of likely N-dealkylation sites (N-methyl/N-ethyl adjacent to an activating group) is 1. The monoisotopic (exact) mass is 227 g/mol. The van der Waals surface area contributed by atoms with Gasteiger partial charge in [-0.2, -0.15) is 0 Å². The van der Waals surface area contributed by atoms with Crippen LogP contribution in [0.3, 0.4) is 0 Å². The van der Waals surface area contributed by atoms with Crippen molar-refractivity contribution in [2.75, 3.05) is 7.05 Å². The summed E-state index contributed by atoms with van der Waals surface area (Å²) in [5, 5.41) is 0. The summed E-state index contributed by atoms with van der Waals surface area (Å²) >= 11 is 0. The second kappa shape index (κ2) is 7.42. The molecule has 1 atom stereocenters. The summed E-state index contributed by atoms with van der Waals surface area (Å²) in [5.74, 6) is 0.674. The summed E-state index contributed by atoms with van der Waals surface area (Å²) in [6.45, 7) is 7.99. The highest BCUT2D eigenvalue weighted by atomic mass is 16.2. The van der Waals surface area contributed by atoms with E-state index in [1.165, 1.54) is 0 Å². The molecule has 16 heavy (non-hydrogen) atoms. The van der Waals surface area contributed by atoms with Crippen LogP contribution in [0, 0.1) is 5.92 Å². The Morgan fingerprint density at radius 3 is 2.12 bits per heavy atom. The first-order chi connectivity index (χ1) is 7.43. The zero-order valence-electron chi connectivity index (χ0n) is 11.2. The quantitative estimate of drug-likeness (QED) is 0.670. The highest BCUT2D eigenvalue weighted by molar-refractivity contribution is 5.88. The molecule has 0 saturated carbocycles. The molecule has 0 rings (SSSR count). The third-order valence-electron chi connectivity index (χ3n) is 2.74. The van der Waals surface area contributed by atoms with Crippen LogP contribution in [-0.2, 0) is 9.59 Å². The second-order valence-corrected chi connectivity index (χ2v) is 4.72. The maximum atomic E-state index is 11.8. The van der Waals surface area contributed by atoms with Gasteiger partial charge >= 0.3 is 0 Å². The van der Waals surface area contributed by atoms with Gasteiger partial charge in [-0.1, -0.05) is 27.7 Å². The normalized spacial score (nSPS) is 12.6. The number of carbonyl (C=O) groups is 2. The van der Waals surface area contributed by atoms with Gasteiger partial charge in [-0.3, -0.25) is 9.59 Å². The zero-order valence-corrected chi connectivity index (χ0v) is 11.2. The Balaban J connectivity index is 4.61. The Morgan fingerprint density at radius 1 is 1.19 bits per heavy atom. The molecule has 0 unspecified atom stereocenters. The number of Topliss-reactive ketones (excluding diaryl/α,β-unsaturated/α-hetero) is 1. The predicted octanol–water partition coefficient (Wildman–Crippen LogP) is 2.64. The van der Waals surface area contributed by atoms with E-state index >= 15 is 0 Å². The molecule has 0 aromatic heterocycles. The van der Waals surface area contributed by atoms with Crippen LogP contribution >= 0.6 is 0 Å². The van der Waals surface area contributed by atoms with Gasteiger partial charge in [0, 0.05) is 19.9 Å². The van der Waals surface area contributed by atoms with Gasteiger partial charge in [-0.15, -0.1) is 0 Å². The Bertz CT molecular complexity index is 236. The molecule has 0 heterocycles. The number of nitrogens with zero attached hydrogens (tertiary/aromatic N) is 1. The molecule has 0 N–H and O–H groups in total. The summed E-state index contributed by atoms with van der Waals surface area (Å²) < 4.78 is 0. The van der Waals surface area contributed by atoms with Gasteiger partial charge in [0.05, 0.1) is 6.04 Å². The third kappa shape index (κ3) is 4.77. The van der Waals surface area contributed by atoms with Crippen LogP contribution in [0.4, 0.5) is 0 Å². The molecule has 0 aliphatic rings. The van der Waals surface area contributed by atoms with E-state index in [-0.39, 0.29) is 17.7 Å².